The van der Waals surface area contributed by atoms with E-state index in [4.69, 9.17) is 0 Å². The minimum Gasteiger partial charge on any atom is -0.289 e. The standard InChI is InChI=1S/C37H24N2O5S2/c1-21-3-9-25(10-4-21)45-27-13-15-28(16-14-27)46-26-11-7-24(8-12-26)39-36(43)30-18-6-23(20-32(30)37(39)44)33(40)22-5-17-29-31(19-22)35(42)38(2)34(29)41/h3-20H,1-2H3. The molecule has 7 nitrogen and oxygen atoms in total. The van der Waals surface area contributed by atoms with Crippen LogP contribution in [0.2, 0.25) is 0 Å². The summed E-state index contributed by atoms with van der Waals surface area (Å²) in [5.41, 5.74) is 2.80. The molecule has 0 aliphatic carbocycles. The Labute approximate surface area is 273 Å². The number of imide groups is 2. The molecule has 0 N–H and O–H groups in total. The van der Waals surface area contributed by atoms with Gasteiger partial charge in [-0.25, -0.2) is 4.90 Å². The van der Waals surface area contributed by atoms with Crippen molar-refractivity contribution in [2.45, 2.75) is 26.5 Å². The quantitative estimate of drug-likeness (QED) is 0.134. The van der Waals surface area contributed by atoms with Crippen molar-refractivity contribution in [3.05, 3.63) is 148 Å². The lowest BCUT2D eigenvalue weighted by Gasteiger charge is -2.14. The highest BCUT2D eigenvalue weighted by Crippen LogP contribution is 2.35. The first-order valence-corrected chi connectivity index (χ1v) is 16.0. The first-order valence-electron chi connectivity index (χ1n) is 14.3. The number of ketones is 1. The lowest BCUT2D eigenvalue weighted by atomic mass is 9.96. The number of rotatable bonds is 7. The van der Waals surface area contributed by atoms with Gasteiger partial charge in [-0.1, -0.05) is 53.4 Å². The monoisotopic (exact) mass is 640 g/mol. The molecule has 0 spiro atoms. The van der Waals surface area contributed by atoms with E-state index in [9.17, 15) is 24.0 Å². The third kappa shape index (κ3) is 5.23. The Morgan fingerprint density at radius 3 is 1.41 bits per heavy atom. The van der Waals surface area contributed by atoms with E-state index in [1.165, 1.54) is 53.9 Å². The van der Waals surface area contributed by atoms with Gasteiger partial charge < -0.3 is 0 Å². The number of aryl methyl sites for hydroxylation is 1. The summed E-state index contributed by atoms with van der Waals surface area (Å²) in [5, 5.41) is 0. The molecule has 0 saturated carbocycles. The predicted octanol–water partition coefficient (Wildman–Crippen LogP) is 7.55. The molecule has 0 unspecified atom stereocenters. The maximum Gasteiger partial charge on any atom is 0.266 e. The molecule has 46 heavy (non-hydrogen) atoms. The highest BCUT2D eigenvalue weighted by atomic mass is 32.2. The zero-order valence-corrected chi connectivity index (χ0v) is 26.3. The molecule has 4 amide bonds. The van der Waals surface area contributed by atoms with Crippen LogP contribution < -0.4 is 4.90 Å². The summed E-state index contributed by atoms with van der Waals surface area (Å²) in [5.74, 6) is -2.31. The van der Waals surface area contributed by atoms with Gasteiger partial charge in [-0.2, -0.15) is 0 Å². The Balaban J connectivity index is 1.05. The Kier molecular flexibility index (Phi) is 7.43. The zero-order chi connectivity index (χ0) is 32.1. The van der Waals surface area contributed by atoms with Gasteiger partial charge in [0.1, 0.15) is 0 Å². The molecule has 2 aliphatic rings. The fourth-order valence-electron chi connectivity index (χ4n) is 5.40. The maximum atomic E-state index is 13.4. The van der Waals surface area contributed by atoms with Crippen LogP contribution in [0.4, 0.5) is 5.69 Å². The van der Waals surface area contributed by atoms with Crippen LogP contribution >= 0.6 is 23.5 Å². The SMILES string of the molecule is Cc1ccc(Sc2ccc(Sc3ccc(N4C(=O)c5ccc(C(=O)c6ccc7c(c6)C(=O)N(C)C7=O)cc5C4=O)cc3)cc2)cc1. The molecule has 5 aromatic rings. The molecule has 0 fully saturated rings. The minimum absolute atomic E-state index is 0.130. The van der Waals surface area contributed by atoms with Gasteiger partial charge in [0.15, 0.2) is 5.78 Å². The van der Waals surface area contributed by atoms with Crippen LogP contribution in [0.15, 0.2) is 129 Å². The van der Waals surface area contributed by atoms with E-state index < -0.39 is 29.4 Å². The number of carbonyl (C=O) groups excluding carboxylic acids is 5. The number of hydrogen-bond donors (Lipinski definition) is 0. The van der Waals surface area contributed by atoms with Gasteiger partial charge in [-0.3, -0.25) is 28.9 Å². The lowest BCUT2D eigenvalue weighted by Crippen LogP contribution is -2.29. The van der Waals surface area contributed by atoms with Crippen LogP contribution in [0, 0.1) is 6.92 Å². The van der Waals surface area contributed by atoms with Gasteiger partial charge in [-0.05, 0) is 91.9 Å². The molecule has 2 aliphatic heterocycles. The molecule has 0 radical (unpaired) electrons. The van der Waals surface area contributed by atoms with Crippen molar-refractivity contribution in [1.29, 1.82) is 0 Å². The van der Waals surface area contributed by atoms with Gasteiger partial charge in [-0.15, -0.1) is 0 Å². The van der Waals surface area contributed by atoms with Gasteiger partial charge in [0, 0.05) is 37.8 Å². The molecule has 0 bridgehead atoms. The molecule has 0 atom stereocenters. The summed E-state index contributed by atoms with van der Waals surface area (Å²) in [6, 6.07) is 32.6. The van der Waals surface area contributed by atoms with E-state index in [0.717, 1.165) is 24.5 Å². The topological polar surface area (TPSA) is 91.8 Å². The molecule has 9 heteroatoms. The number of nitrogens with zero attached hydrogens (tertiary/aromatic N) is 2. The van der Waals surface area contributed by atoms with E-state index >= 15 is 0 Å². The van der Waals surface area contributed by atoms with E-state index in [1.54, 1.807) is 35.7 Å². The van der Waals surface area contributed by atoms with Crippen LogP contribution in [0.5, 0.6) is 0 Å². The highest BCUT2D eigenvalue weighted by Gasteiger charge is 2.38. The molecule has 2 heterocycles. The summed E-state index contributed by atoms with van der Waals surface area (Å²) in [7, 11) is 1.39. The summed E-state index contributed by atoms with van der Waals surface area (Å²) in [6.45, 7) is 2.07. The lowest BCUT2D eigenvalue weighted by molar-refractivity contribution is 0.0692. The van der Waals surface area contributed by atoms with Crippen molar-refractivity contribution < 1.29 is 24.0 Å². The Morgan fingerprint density at radius 1 is 0.500 bits per heavy atom. The summed E-state index contributed by atoms with van der Waals surface area (Å²) in [6.07, 6.45) is 0. The minimum atomic E-state index is -0.520. The van der Waals surface area contributed by atoms with Crippen LogP contribution in [0.25, 0.3) is 0 Å². The second-order valence-electron chi connectivity index (χ2n) is 10.9. The Morgan fingerprint density at radius 2 is 0.891 bits per heavy atom. The second kappa shape index (κ2) is 11.6. The molecular weight excluding hydrogens is 617 g/mol. The predicted molar refractivity (Wildman–Crippen MR) is 176 cm³/mol. The first-order chi connectivity index (χ1) is 22.2. The van der Waals surface area contributed by atoms with Gasteiger partial charge in [0.05, 0.1) is 27.9 Å². The maximum absolute atomic E-state index is 13.4. The highest BCUT2D eigenvalue weighted by molar-refractivity contribution is 7.99. The zero-order valence-electron chi connectivity index (χ0n) is 24.6. The number of amides is 4. The molecule has 0 saturated heterocycles. The first kappa shape index (κ1) is 29.5. The fourth-order valence-corrected chi connectivity index (χ4v) is 7.04. The van der Waals surface area contributed by atoms with Crippen molar-refractivity contribution in [2.24, 2.45) is 0 Å². The summed E-state index contributed by atoms with van der Waals surface area (Å²) < 4.78 is 0. The van der Waals surface area contributed by atoms with E-state index in [0.29, 0.717) is 5.69 Å². The van der Waals surface area contributed by atoms with Crippen LogP contribution in [0.1, 0.15) is 62.9 Å². The van der Waals surface area contributed by atoms with Crippen molar-refractivity contribution >= 4 is 58.6 Å². The third-order valence-electron chi connectivity index (χ3n) is 7.91. The fraction of sp³-hybridized carbons (Fsp3) is 0.0541. The molecular formula is C37H24N2O5S2. The summed E-state index contributed by atoms with van der Waals surface area (Å²) in [4.78, 5) is 71.1. The Hall–Kier alpha value is -5.25. The largest absolute Gasteiger partial charge is 0.289 e. The van der Waals surface area contributed by atoms with E-state index in [-0.39, 0.29) is 33.4 Å². The number of fused-ring (bicyclic) bond motifs is 2. The smallest absolute Gasteiger partial charge is 0.266 e. The average molecular weight is 641 g/mol. The molecule has 5 aromatic carbocycles. The molecule has 0 aromatic heterocycles. The van der Waals surface area contributed by atoms with Crippen LogP contribution in [0.3, 0.4) is 0 Å². The van der Waals surface area contributed by atoms with Crippen LogP contribution in [-0.4, -0.2) is 41.4 Å². The average Bonchev–Trinajstić information content (AvgIpc) is 3.45. The second-order valence-corrected chi connectivity index (χ2v) is 13.2. The number of anilines is 1. The molecule has 224 valence electrons. The normalized spacial score (nSPS) is 13.8. The van der Waals surface area contributed by atoms with Crippen molar-refractivity contribution in [3.8, 4) is 0 Å². The van der Waals surface area contributed by atoms with Gasteiger partial charge >= 0.3 is 0 Å². The summed E-state index contributed by atoms with van der Waals surface area (Å²) >= 11 is 3.28. The van der Waals surface area contributed by atoms with Crippen molar-refractivity contribution in [1.82, 2.24) is 4.90 Å². The van der Waals surface area contributed by atoms with Gasteiger partial charge in [0.25, 0.3) is 23.6 Å². The van der Waals surface area contributed by atoms with Crippen LogP contribution in [-0.2, 0) is 0 Å². The van der Waals surface area contributed by atoms with E-state index in [2.05, 4.69) is 55.5 Å². The van der Waals surface area contributed by atoms with Crippen molar-refractivity contribution in [3.63, 3.8) is 0 Å². The number of hydrogen-bond acceptors (Lipinski definition) is 7. The Bertz CT molecular complexity index is 2110. The van der Waals surface area contributed by atoms with Crippen molar-refractivity contribution in [2.75, 3.05) is 11.9 Å². The molecule has 7 rings (SSSR count). The number of benzene rings is 5. The van der Waals surface area contributed by atoms with Gasteiger partial charge in [0.2, 0.25) is 0 Å². The van der Waals surface area contributed by atoms with E-state index in [1.807, 2.05) is 12.1 Å². The number of carbonyl (C=O) groups is 5. The third-order valence-corrected chi connectivity index (χ3v) is 9.94.